The van der Waals surface area contributed by atoms with E-state index in [4.69, 9.17) is 0 Å². The number of sulfone groups is 1. The van der Waals surface area contributed by atoms with Crippen LogP contribution in [-0.2, 0) is 14.6 Å². The van der Waals surface area contributed by atoms with Gasteiger partial charge < -0.3 is 15.5 Å². The van der Waals surface area contributed by atoms with Crippen LogP contribution in [0.1, 0.15) is 47.0 Å². The van der Waals surface area contributed by atoms with Crippen molar-refractivity contribution in [3.8, 4) is 0 Å². The molecular weight excluding hydrogens is 340 g/mol. The summed E-state index contributed by atoms with van der Waals surface area (Å²) in [5.74, 6) is 1.09. The summed E-state index contributed by atoms with van der Waals surface area (Å²) in [5.41, 5.74) is -0.189. The second-order valence-electron chi connectivity index (χ2n) is 7.56. The van der Waals surface area contributed by atoms with Gasteiger partial charge in [-0.15, -0.1) is 0 Å². The Hall–Kier alpha value is -1.31. The summed E-state index contributed by atoms with van der Waals surface area (Å²) >= 11 is 0. The van der Waals surface area contributed by atoms with Gasteiger partial charge in [0.25, 0.3) is 0 Å². The first-order chi connectivity index (χ1) is 11.6. The van der Waals surface area contributed by atoms with E-state index in [1.807, 2.05) is 32.6 Å². The van der Waals surface area contributed by atoms with E-state index in [1.165, 1.54) is 6.26 Å². The van der Waals surface area contributed by atoms with Crippen LogP contribution in [0.4, 0.5) is 0 Å². The number of guanidine groups is 1. The fraction of sp³-hybridized carbons (Fsp3) is 0.882. The second kappa shape index (κ2) is 9.40. The minimum Gasteiger partial charge on any atom is -0.357 e. The second-order valence-corrected chi connectivity index (χ2v) is 9.82. The SMILES string of the molecule is CCNC(=NCC(C)(C)CCS(C)(=O)=O)NC1CCN(C(=O)CC)C1. The molecule has 1 aliphatic heterocycles. The van der Waals surface area contributed by atoms with Crippen LogP contribution in [0.2, 0.25) is 0 Å². The van der Waals surface area contributed by atoms with E-state index >= 15 is 0 Å². The first-order valence-electron chi connectivity index (χ1n) is 9.06. The molecule has 2 N–H and O–H groups in total. The molecule has 0 saturated carbocycles. The molecular formula is C17H34N4O3S. The van der Waals surface area contributed by atoms with Crippen LogP contribution >= 0.6 is 0 Å². The van der Waals surface area contributed by atoms with Crippen LogP contribution < -0.4 is 10.6 Å². The largest absolute Gasteiger partial charge is 0.357 e. The van der Waals surface area contributed by atoms with E-state index in [2.05, 4.69) is 15.6 Å². The molecule has 25 heavy (non-hydrogen) atoms. The molecule has 0 aliphatic carbocycles. The number of rotatable bonds is 8. The lowest BCUT2D eigenvalue weighted by Gasteiger charge is -2.24. The quantitative estimate of drug-likeness (QED) is 0.489. The lowest BCUT2D eigenvalue weighted by atomic mass is 9.90. The fourth-order valence-electron chi connectivity index (χ4n) is 2.68. The highest BCUT2D eigenvalue weighted by molar-refractivity contribution is 7.90. The zero-order valence-corrected chi connectivity index (χ0v) is 17.1. The zero-order valence-electron chi connectivity index (χ0n) is 16.3. The number of carbonyl (C=O) groups is 1. The molecule has 1 amide bonds. The predicted octanol–water partition coefficient (Wildman–Crippen LogP) is 1.01. The Bertz CT molecular complexity index is 572. The highest BCUT2D eigenvalue weighted by Gasteiger charge is 2.26. The standard InChI is InChI=1S/C17H34N4O3S/c1-6-15(22)21-10-8-14(12-21)20-16(18-7-2)19-13-17(3,4)9-11-25(5,23)24/h14H,6-13H2,1-5H3,(H2,18,19,20). The van der Waals surface area contributed by atoms with Gasteiger partial charge in [-0.3, -0.25) is 9.79 Å². The van der Waals surface area contributed by atoms with Gasteiger partial charge in [-0.05, 0) is 25.2 Å². The maximum Gasteiger partial charge on any atom is 0.222 e. The number of nitrogens with zero attached hydrogens (tertiary/aromatic N) is 2. The van der Waals surface area contributed by atoms with Gasteiger partial charge in [0.1, 0.15) is 9.84 Å². The third-order valence-corrected chi connectivity index (χ3v) is 5.29. The van der Waals surface area contributed by atoms with Crippen molar-refractivity contribution >= 4 is 21.7 Å². The molecule has 0 spiro atoms. The number of carbonyl (C=O) groups excluding carboxylic acids is 1. The maximum absolute atomic E-state index is 11.8. The maximum atomic E-state index is 11.8. The summed E-state index contributed by atoms with van der Waals surface area (Å²) in [6.45, 7) is 10.7. The summed E-state index contributed by atoms with van der Waals surface area (Å²) < 4.78 is 22.7. The molecule has 0 radical (unpaired) electrons. The van der Waals surface area contributed by atoms with Gasteiger partial charge in [0.15, 0.2) is 5.96 Å². The Balaban J connectivity index is 2.60. The van der Waals surface area contributed by atoms with Gasteiger partial charge in [0.2, 0.25) is 5.91 Å². The normalized spacial score (nSPS) is 19.2. The third-order valence-electron chi connectivity index (χ3n) is 4.34. The molecule has 1 saturated heterocycles. The van der Waals surface area contributed by atoms with Crippen LogP contribution in [0.25, 0.3) is 0 Å². The van der Waals surface area contributed by atoms with Crippen molar-refractivity contribution in [3.63, 3.8) is 0 Å². The number of hydrogen-bond donors (Lipinski definition) is 2. The van der Waals surface area contributed by atoms with Gasteiger partial charge in [-0.1, -0.05) is 20.8 Å². The topological polar surface area (TPSA) is 90.9 Å². The number of aliphatic imine (C=N–C) groups is 1. The lowest BCUT2D eigenvalue weighted by Crippen LogP contribution is -2.45. The molecule has 1 aliphatic rings. The number of likely N-dealkylation sites (tertiary alicyclic amines) is 1. The van der Waals surface area contributed by atoms with Crippen LogP contribution in [0, 0.1) is 5.41 Å². The Morgan fingerprint density at radius 2 is 2.00 bits per heavy atom. The fourth-order valence-corrected chi connectivity index (χ4v) is 3.60. The summed E-state index contributed by atoms with van der Waals surface area (Å²) in [6, 6.07) is 0.201. The van der Waals surface area contributed by atoms with Crippen LogP contribution in [0.3, 0.4) is 0 Å². The smallest absolute Gasteiger partial charge is 0.222 e. The molecule has 0 bridgehead atoms. The Kier molecular flexibility index (Phi) is 8.18. The van der Waals surface area contributed by atoms with E-state index in [1.54, 1.807) is 0 Å². The molecule has 0 aromatic carbocycles. The average Bonchev–Trinajstić information content (AvgIpc) is 2.98. The summed E-state index contributed by atoms with van der Waals surface area (Å²) in [5, 5.41) is 6.63. The van der Waals surface area contributed by atoms with Gasteiger partial charge >= 0.3 is 0 Å². The van der Waals surface area contributed by atoms with E-state index in [9.17, 15) is 13.2 Å². The van der Waals surface area contributed by atoms with Gasteiger partial charge in [-0.2, -0.15) is 0 Å². The highest BCUT2D eigenvalue weighted by atomic mass is 32.2. The van der Waals surface area contributed by atoms with Crippen molar-refractivity contribution in [2.75, 3.05) is 38.2 Å². The average molecular weight is 375 g/mol. The van der Waals surface area contributed by atoms with Crippen molar-refractivity contribution in [1.29, 1.82) is 0 Å². The van der Waals surface area contributed by atoms with E-state index in [0.29, 0.717) is 25.9 Å². The predicted molar refractivity (Wildman–Crippen MR) is 102 cm³/mol. The molecule has 1 fully saturated rings. The first kappa shape index (κ1) is 21.7. The van der Waals surface area contributed by atoms with Gasteiger partial charge in [0, 0.05) is 44.9 Å². The monoisotopic (exact) mass is 374 g/mol. The van der Waals surface area contributed by atoms with Crippen molar-refractivity contribution in [3.05, 3.63) is 0 Å². The van der Waals surface area contributed by atoms with Gasteiger partial charge in [0.05, 0.1) is 5.75 Å². The number of hydrogen-bond acceptors (Lipinski definition) is 4. The highest BCUT2D eigenvalue weighted by Crippen LogP contribution is 2.21. The Morgan fingerprint density at radius 1 is 1.32 bits per heavy atom. The Labute approximate surface area is 152 Å². The van der Waals surface area contributed by atoms with E-state index in [-0.39, 0.29) is 23.1 Å². The van der Waals surface area contributed by atoms with Crippen LogP contribution in [-0.4, -0.2) is 69.4 Å². The summed E-state index contributed by atoms with van der Waals surface area (Å²) in [4.78, 5) is 18.3. The molecule has 0 aromatic rings. The van der Waals surface area contributed by atoms with Crippen molar-refractivity contribution in [2.45, 2.75) is 53.0 Å². The van der Waals surface area contributed by atoms with Crippen LogP contribution in [0.15, 0.2) is 4.99 Å². The summed E-state index contributed by atoms with van der Waals surface area (Å²) in [6.07, 6.45) is 3.29. The lowest BCUT2D eigenvalue weighted by molar-refractivity contribution is -0.129. The van der Waals surface area contributed by atoms with Gasteiger partial charge in [-0.25, -0.2) is 8.42 Å². The zero-order chi connectivity index (χ0) is 19.1. The molecule has 1 unspecified atom stereocenters. The molecule has 7 nitrogen and oxygen atoms in total. The van der Waals surface area contributed by atoms with Crippen molar-refractivity contribution < 1.29 is 13.2 Å². The minimum atomic E-state index is -2.96. The third kappa shape index (κ3) is 8.56. The Morgan fingerprint density at radius 3 is 2.56 bits per heavy atom. The molecule has 0 aromatic heterocycles. The molecule has 1 atom stereocenters. The van der Waals surface area contributed by atoms with E-state index in [0.717, 1.165) is 25.5 Å². The summed E-state index contributed by atoms with van der Waals surface area (Å²) in [7, 11) is -2.96. The molecule has 146 valence electrons. The first-order valence-corrected chi connectivity index (χ1v) is 11.1. The molecule has 8 heteroatoms. The van der Waals surface area contributed by atoms with Crippen molar-refractivity contribution in [1.82, 2.24) is 15.5 Å². The minimum absolute atomic E-state index is 0.177. The number of amides is 1. The van der Waals surface area contributed by atoms with E-state index < -0.39 is 9.84 Å². The molecule has 1 heterocycles. The number of nitrogens with one attached hydrogen (secondary N) is 2. The molecule has 1 rings (SSSR count). The van der Waals surface area contributed by atoms with Crippen molar-refractivity contribution in [2.24, 2.45) is 10.4 Å². The van der Waals surface area contributed by atoms with Crippen LogP contribution in [0.5, 0.6) is 0 Å².